The van der Waals surface area contributed by atoms with Crippen molar-refractivity contribution in [1.82, 2.24) is 10.3 Å². The van der Waals surface area contributed by atoms with E-state index in [4.69, 9.17) is 9.47 Å². The number of benzene rings is 1. The predicted octanol–water partition coefficient (Wildman–Crippen LogP) is 3.53. The maximum atomic E-state index is 5.93. The van der Waals surface area contributed by atoms with Gasteiger partial charge in [-0.25, -0.2) is 4.98 Å². The summed E-state index contributed by atoms with van der Waals surface area (Å²) in [6.45, 7) is 4.82. The molecule has 6 heteroatoms. The average Bonchev–Trinajstić information content (AvgIpc) is 2.88. The summed E-state index contributed by atoms with van der Waals surface area (Å²) in [5.41, 5.74) is 1.13. The highest BCUT2D eigenvalue weighted by atomic mass is 79.9. The molecule has 0 saturated heterocycles. The van der Waals surface area contributed by atoms with Gasteiger partial charge in [0.05, 0.1) is 16.5 Å². The van der Waals surface area contributed by atoms with E-state index in [0.717, 1.165) is 38.8 Å². The number of hydrogen-bond donors (Lipinski definition) is 1. The molecule has 0 radical (unpaired) electrons. The number of nitrogens with zero attached hydrogens (tertiary/aromatic N) is 1. The molecule has 0 aliphatic rings. The zero-order chi connectivity index (χ0) is 15.1. The minimum atomic E-state index is 0.554. The standard InChI is InChI=1S/C15H19BrN2O2S/c1-11-18-9-14(21-11)10-20-15-4-3-13(16)7-12(15)8-17-5-6-19-2/h3-4,7,9,17H,5-6,8,10H2,1-2H3. The molecule has 1 heterocycles. The first-order valence-corrected chi connectivity index (χ1v) is 8.32. The number of nitrogens with one attached hydrogen (secondary N) is 1. The molecule has 0 aliphatic carbocycles. The van der Waals surface area contributed by atoms with E-state index in [1.807, 2.05) is 25.3 Å². The van der Waals surface area contributed by atoms with Gasteiger partial charge in [-0.15, -0.1) is 11.3 Å². The maximum absolute atomic E-state index is 5.93. The van der Waals surface area contributed by atoms with Gasteiger partial charge >= 0.3 is 0 Å². The third-order valence-electron chi connectivity index (χ3n) is 2.86. The second-order valence-electron chi connectivity index (χ2n) is 4.56. The number of ether oxygens (including phenoxy) is 2. The van der Waals surface area contributed by atoms with Crippen LogP contribution in [0.15, 0.2) is 28.9 Å². The van der Waals surface area contributed by atoms with E-state index >= 15 is 0 Å². The van der Waals surface area contributed by atoms with Crippen LogP contribution in [0.25, 0.3) is 0 Å². The van der Waals surface area contributed by atoms with Gasteiger partial charge in [-0.05, 0) is 25.1 Å². The zero-order valence-electron chi connectivity index (χ0n) is 12.2. The van der Waals surface area contributed by atoms with Crippen molar-refractivity contribution in [3.05, 3.63) is 44.3 Å². The van der Waals surface area contributed by atoms with Crippen LogP contribution in [0.2, 0.25) is 0 Å². The number of hydrogen-bond acceptors (Lipinski definition) is 5. The van der Waals surface area contributed by atoms with Crippen molar-refractivity contribution in [3.63, 3.8) is 0 Å². The van der Waals surface area contributed by atoms with Gasteiger partial charge in [0.15, 0.2) is 0 Å². The van der Waals surface area contributed by atoms with Gasteiger partial charge in [0, 0.05) is 36.4 Å². The molecule has 1 aromatic carbocycles. The SMILES string of the molecule is COCCNCc1cc(Br)ccc1OCc1cnc(C)s1. The molecule has 21 heavy (non-hydrogen) atoms. The summed E-state index contributed by atoms with van der Waals surface area (Å²) in [7, 11) is 1.70. The summed E-state index contributed by atoms with van der Waals surface area (Å²) < 4.78 is 12.0. The molecule has 2 rings (SSSR count). The highest BCUT2D eigenvalue weighted by Gasteiger charge is 2.06. The molecule has 114 valence electrons. The Morgan fingerprint density at radius 2 is 2.24 bits per heavy atom. The Bertz CT molecular complexity index is 575. The molecule has 1 N–H and O–H groups in total. The number of rotatable bonds is 8. The lowest BCUT2D eigenvalue weighted by Crippen LogP contribution is -2.19. The number of thiazole rings is 1. The molecule has 0 saturated carbocycles. The Hall–Kier alpha value is -0.950. The number of methoxy groups -OCH3 is 1. The molecular formula is C15H19BrN2O2S. The molecule has 1 aromatic heterocycles. The van der Waals surface area contributed by atoms with E-state index in [9.17, 15) is 0 Å². The van der Waals surface area contributed by atoms with E-state index in [-0.39, 0.29) is 0 Å². The van der Waals surface area contributed by atoms with Crippen LogP contribution in [0.4, 0.5) is 0 Å². The second kappa shape index (κ2) is 8.48. The minimum absolute atomic E-state index is 0.554. The highest BCUT2D eigenvalue weighted by Crippen LogP contribution is 2.25. The Kier molecular flexibility index (Phi) is 6.63. The summed E-state index contributed by atoms with van der Waals surface area (Å²) in [6.07, 6.45) is 1.87. The largest absolute Gasteiger partial charge is 0.488 e. The van der Waals surface area contributed by atoms with Crippen LogP contribution >= 0.6 is 27.3 Å². The van der Waals surface area contributed by atoms with Crippen LogP contribution < -0.4 is 10.1 Å². The van der Waals surface area contributed by atoms with E-state index < -0.39 is 0 Å². The Labute approximate surface area is 137 Å². The van der Waals surface area contributed by atoms with Crippen molar-refractivity contribution < 1.29 is 9.47 Å². The molecule has 4 nitrogen and oxygen atoms in total. The monoisotopic (exact) mass is 370 g/mol. The molecule has 0 bridgehead atoms. The Morgan fingerprint density at radius 1 is 1.38 bits per heavy atom. The number of aromatic nitrogens is 1. The average molecular weight is 371 g/mol. The van der Waals surface area contributed by atoms with Crippen LogP contribution in [0.1, 0.15) is 15.4 Å². The molecule has 0 aliphatic heterocycles. The van der Waals surface area contributed by atoms with Crippen molar-refractivity contribution in [2.45, 2.75) is 20.1 Å². The Balaban J connectivity index is 1.97. The van der Waals surface area contributed by atoms with E-state index in [1.165, 1.54) is 0 Å². The van der Waals surface area contributed by atoms with Crippen LogP contribution in [0, 0.1) is 6.92 Å². The fourth-order valence-corrected chi connectivity index (χ4v) is 2.96. The molecule has 0 spiro atoms. The van der Waals surface area contributed by atoms with E-state index in [1.54, 1.807) is 18.4 Å². The van der Waals surface area contributed by atoms with Crippen LogP contribution in [-0.2, 0) is 17.9 Å². The molecule has 2 aromatic rings. The lowest BCUT2D eigenvalue weighted by atomic mass is 10.2. The number of aryl methyl sites for hydroxylation is 1. The summed E-state index contributed by atoms with van der Waals surface area (Å²) >= 11 is 5.17. The molecular weight excluding hydrogens is 352 g/mol. The third-order valence-corrected chi connectivity index (χ3v) is 4.24. The van der Waals surface area contributed by atoms with E-state index in [2.05, 4.69) is 32.3 Å². The minimum Gasteiger partial charge on any atom is -0.488 e. The smallest absolute Gasteiger partial charge is 0.124 e. The molecule has 0 unspecified atom stereocenters. The maximum Gasteiger partial charge on any atom is 0.124 e. The first-order valence-electron chi connectivity index (χ1n) is 6.71. The second-order valence-corrected chi connectivity index (χ2v) is 6.79. The fourth-order valence-electron chi connectivity index (χ4n) is 1.85. The zero-order valence-corrected chi connectivity index (χ0v) is 14.6. The van der Waals surface area contributed by atoms with Gasteiger partial charge < -0.3 is 14.8 Å². The van der Waals surface area contributed by atoms with Crippen molar-refractivity contribution in [3.8, 4) is 5.75 Å². The van der Waals surface area contributed by atoms with Gasteiger partial charge in [0.25, 0.3) is 0 Å². The summed E-state index contributed by atoms with van der Waals surface area (Å²) in [6, 6.07) is 6.06. The fraction of sp³-hybridized carbons (Fsp3) is 0.400. The van der Waals surface area contributed by atoms with Crippen molar-refractivity contribution in [2.24, 2.45) is 0 Å². The summed E-state index contributed by atoms with van der Waals surface area (Å²) in [4.78, 5) is 5.37. The van der Waals surface area contributed by atoms with Crippen molar-refractivity contribution in [1.29, 1.82) is 0 Å². The topological polar surface area (TPSA) is 43.4 Å². The normalized spacial score (nSPS) is 10.8. The molecule has 0 fully saturated rings. The van der Waals surface area contributed by atoms with Gasteiger partial charge in [-0.3, -0.25) is 0 Å². The summed E-state index contributed by atoms with van der Waals surface area (Å²) in [5, 5.41) is 4.40. The number of halogens is 1. The quantitative estimate of drug-likeness (QED) is 0.721. The van der Waals surface area contributed by atoms with E-state index in [0.29, 0.717) is 13.2 Å². The third kappa shape index (κ3) is 5.39. The van der Waals surface area contributed by atoms with Gasteiger partial charge in [-0.1, -0.05) is 15.9 Å². The van der Waals surface area contributed by atoms with Gasteiger partial charge in [0.1, 0.15) is 12.4 Å². The lowest BCUT2D eigenvalue weighted by molar-refractivity contribution is 0.199. The Morgan fingerprint density at radius 3 is 2.95 bits per heavy atom. The predicted molar refractivity (Wildman–Crippen MR) is 88.9 cm³/mol. The highest BCUT2D eigenvalue weighted by molar-refractivity contribution is 9.10. The first kappa shape index (κ1) is 16.4. The van der Waals surface area contributed by atoms with Gasteiger partial charge in [-0.2, -0.15) is 0 Å². The molecule has 0 amide bonds. The first-order chi connectivity index (χ1) is 10.2. The van der Waals surface area contributed by atoms with Crippen molar-refractivity contribution in [2.75, 3.05) is 20.3 Å². The van der Waals surface area contributed by atoms with Crippen molar-refractivity contribution >= 4 is 27.3 Å². The molecule has 0 atom stereocenters. The van der Waals surface area contributed by atoms with Gasteiger partial charge in [0.2, 0.25) is 0 Å². The summed E-state index contributed by atoms with van der Waals surface area (Å²) in [5.74, 6) is 0.897. The van der Waals surface area contributed by atoms with Crippen LogP contribution in [0.5, 0.6) is 5.75 Å². The lowest BCUT2D eigenvalue weighted by Gasteiger charge is -2.12. The van der Waals surface area contributed by atoms with Crippen LogP contribution in [0.3, 0.4) is 0 Å². The van der Waals surface area contributed by atoms with Crippen LogP contribution in [-0.4, -0.2) is 25.2 Å².